The molecule has 5 unspecified atom stereocenters. The van der Waals surface area contributed by atoms with Crippen LogP contribution in [0.4, 0.5) is 0 Å². The van der Waals surface area contributed by atoms with Crippen molar-refractivity contribution in [3.8, 4) is 0 Å². The molecule has 1 N–H and O–H groups in total. The van der Waals surface area contributed by atoms with Gasteiger partial charge in [-0.05, 0) is 36.8 Å². The van der Waals surface area contributed by atoms with Crippen LogP contribution in [0, 0.1) is 11.8 Å². The molecule has 0 saturated carbocycles. The van der Waals surface area contributed by atoms with Crippen molar-refractivity contribution in [3.63, 3.8) is 0 Å². The van der Waals surface area contributed by atoms with Crippen LogP contribution in [0.2, 0.25) is 0 Å². The highest BCUT2D eigenvalue weighted by molar-refractivity contribution is 5.91. The lowest BCUT2D eigenvalue weighted by Gasteiger charge is -2.25. The number of aliphatic hydroxyl groups is 1. The second kappa shape index (κ2) is 4.95. The van der Waals surface area contributed by atoms with E-state index in [9.17, 15) is 14.7 Å². The number of carbonyl (C=O) groups is 2. The zero-order valence-electron chi connectivity index (χ0n) is 13.2. The van der Waals surface area contributed by atoms with Crippen LogP contribution in [0.15, 0.2) is 23.3 Å². The SMILES string of the molecule is C=C1C(=O)OC2CC(C)C3=C(CC12)C(C)(O)CC3OC(C)=O. The molecule has 1 fully saturated rings. The van der Waals surface area contributed by atoms with Crippen LogP contribution in [-0.4, -0.2) is 34.9 Å². The minimum absolute atomic E-state index is 0.0852. The third kappa shape index (κ3) is 2.28. The molecule has 0 spiro atoms. The monoisotopic (exact) mass is 306 g/mol. The summed E-state index contributed by atoms with van der Waals surface area (Å²) in [7, 11) is 0. The Morgan fingerprint density at radius 3 is 2.82 bits per heavy atom. The summed E-state index contributed by atoms with van der Waals surface area (Å²) in [5.74, 6) is -0.686. The van der Waals surface area contributed by atoms with Crippen molar-refractivity contribution in [3.05, 3.63) is 23.3 Å². The summed E-state index contributed by atoms with van der Waals surface area (Å²) in [5, 5.41) is 10.8. The Balaban J connectivity index is 1.99. The molecule has 0 radical (unpaired) electrons. The molecule has 5 heteroatoms. The Hall–Kier alpha value is -1.62. The first-order chi connectivity index (χ1) is 10.2. The summed E-state index contributed by atoms with van der Waals surface area (Å²) in [6.07, 6.45) is 0.997. The van der Waals surface area contributed by atoms with E-state index in [-0.39, 0.29) is 36.0 Å². The molecule has 3 rings (SSSR count). The predicted molar refractivity (Wildman–Crippen MR) is 78.7 cm³/mol. The van der Waals surface area contributed by atoms with Gasteiger partial charge in [0.1, 0.15) is 12.2 Å². The second-order valence-electron chi connectivity index (χ2n) is 6.93. The summed E-state index contributed by atoms with van der Waals surface area (Å²) in [4.78, 5) is 23.1. The van der Waals surface area contributed by atoms with Gasteiger partial charge in [-0.3, -0.25) is 4.79 Å². The normalized spacial score (nSPS) is 40.9. The van der Waals surface area contributed by atoms with Gasteiger partial charge in [0, 0.05) is 24.8 Å². The van der Waals surface area contributed by atoms with Gasteiger partial charge in [0.2, 0.25) is 0 Å². The summed E-state index contributed by atoms with van der Waals surface area (Å²) in [6, 6.07) is 0. The number of rotatable bonds is 1. The van der Waals surface area contributed by atoms with Gasteiger partial charge in [-0.1, -0.05) is 13.5 Å². The number of hydrogen-bond donors (Lipinski definition) is 1. The molecule has 3 aliphatic rings. The van der Waals surface area contributed by atoms with Crippen LogP contribution in [0.25, 0.3) is 0 Å². The maximum atomic E-state index is 11.8. The van der Waals surface area contributed by atoms with Crippen LogP contribution >= 0.6 is 0 Å². The zero-order chi connectivity index (χ0) is 16.2. The summed E-state index contributed by atoms with van der Waals surface area (Å²) < 4.78 is 10.8. The lowest BCUT2D eigenvalue weighted by Crippen LogP contribution is -2.29. The maximum absolute atomic E-state index is 11.8. The molecule has 0 aromatic rings. The number of carbonyl (C=O) groups excluding carboxylic acids is 2. The van der Waals surface area contributed by atoms with Crippen molar-refractivity contribution in [2.75, 3.05) is 0 Å². The molecular weight excluding hydrogens is 284 g/mol. The predicted octanol–water partition coefficient (Wildman–Crippen LogP) is 1.90. The fourth-order valence-corrected chi connectivity index (χ4v) is 4.19. The van der Waals surface area contributed by atoms with Crippen molar-refractivity contribution in [1.82, 2.24) is 0 Å². The van der Waals surface area contributed by atoms with E-state index in [1.165, 1.54) is 6.92 Å². The van der Waals surface area contributed by atoms with Gasteiger partial charge < -0.3 is 14.6 Å². The van der Waals surface area contributed by atoms with Crippen LogP contribution in [0.5, 0.6) is 0 Å². The molecule has 5 atom stereocenters. The van der Waals surface area contributed by atoms with E-state index in [1.54, 1.807) is 6.92 Å². The standard InChI is InChI=1S/C17H22O5/c1-8-5-13-11(9(2)16(19)22-13)6-12-15(8)14(21-10(3)18)7-17(12,4)20/h8,11,13-14,20H,2,5-7H2,1,3-4H3. The number of hydrogen-bond acceptors (Lipinski definition) is 5. The average Bonchev–Trinajstić information content (AvgIpc) is 2.71. The number of ether oxygens (including phenoxy) is 2. The van der Waals surface area contributed by atoms with Gasteiger partial charge in [-0.15, -0.1) is 0 Å². The first kappa shape index (κ1) is 15.3. The summed E-state index contributed by atoms with van der Waals surface area (Å²) in [6.45, 7) is 9.01. The van der Waals surface area contributed by atoms with E-state index in [0.717, 1.165) is 11.1 Å². The Bertz CT molecular complexity index is 586. The fourth-order valence-electron chi connectivity index (χ4n) is 4.19. The van der Waals surface area contributed by atoms with Gasteiger partial charge >= 0.3 is 11.9 Å². The van der Waals surface area contributed by atoms with Crippen molar-refractivity contribution in [2.24, 2.45) is 11.8 Å². The quantitative estimate of drug-likeness (QED) is 0.455. The maximum Gasteiger partial charge on any atom is 0.334 e. The van der Waals surface area contributed by atoms with E-state index in [0.29, 0.717) is 24.8 Å². The first-order valence-electron chi connectivity index (χ1n) is 7.73. The molecule has 22 heavy (non-hydrogen) atoms. The molecule has 2 aliphatic carbocycles. The van der Waals surface area contributed by atoms with E-state index in [4.69, 9.17) is 9.47 Å². The van der Waals surface area contributed by atoms with Gasteiger partial charge in [0.05, 0.1) is 5.60 Å². The minimum Gasteiger partial charge on any atom is -0.458 e. The molecule has 0 aromatic heterocycles. The van der Waals surface area contributed by atoms with Crippen molar-refractivity contribution >= 4 is 11.9 Å². The van der Waals surface area contributed by atoms with Gasteiger partial charge in [0.15, 0.2) is 0 Å². The first-order valence-corrected chi connectivity index (χ1v) is 7.73. The van der Waals surface area contributed by atoms with Crippen molar-refractivity contribution in [2.45, 2.75) is 57.8 Å². The van der Waals surface area contributed by atoms with Gasteiger partial charge in [0.25, 0.3) is 0 Å². The molecule has 120 valence electrons. The number of fused-ring (bicyclic) bond motifs is 1. The van der Waals surface area contributed by atoms with E-state index < -0.39 is 5.60 Å². The molecular formula is C17H22O5. The Labute approximate surface area is 130 Å². The number of esters is 2. The summed E-state index contributed by atoms with van der Waals surface area (Å²) >= 11 is 0. The minimum atomic E-state index is -1.02. The molecule has 1 saturated heterocycles. The third-order valence-corrected chi connectivity index (χ3v) is 5.19. The van der Waals surface area contributed by atoms with Crippen molar-refractivity contribution in [1.29, 1.82) is 0 Å². The molecule has 0 aromatic carbocycles. The lowest BCUT2D eigenvalue weighted by atomic mass is 9.85. The van der Waals surface area contributed by atoms with Crippen LogP contribution in [0.3, 0.4) is 0 Å². The van der Waals surface area contributed by atoms with Crippen LogP contribution in [0.1, 0.15) is 40.0 Å². The molecule has 0 amide bonds. The Morgan fingerprint density at radius 2 is 2.18 bits per heavy atom. The molecule has 5 nitrogen and oxygen atoms in total. The van der Waals surface area contributed by atoms with Gasteiger partial charge in [-0.2, -0.15) is 0 Å². The smallest absolute Gasteiger partial charge is 0.334 e. The lowest BCUT2D eigenvalue weighted by molar-refractivity contribution is -0.145. The average molecular weight is 306 g/mol. The summed E-state index contributed by atoms with van der Waals surface area (Å²) in [5.41, 5.74) is 1.35. The third-order valence-electron chi connectivity index (χ3n) is 5.19. The van der Waals surface area contributed by atoms with Crippen molar-refractivity contribution < 1.29 is 24.2 Å². The highest BCUT2D eigenvalue weighted by atomic mass is 16.6. The van der Waals surface area contributed by atoms with Gasteiger partial charge in [-0.25, -0.2) is 4.79 Å². The highest BCUT2D eigenvalue weighted by Gasteiger charge is 2.51. The Morgan fingerprint density at radius 1 is 1.50 bits per heavy atom. The topological polar surface area (TPSA) is 72.8 Å². The van der Waals surface area contributed by atoms with E-state index in [1.807, 2.05) is 6.92 Å². The molecule has 1 heterocycles. The van der Waals surface area contributed by atoms with E-state index in [2.05, 4.69) is 6.58 Å². The Kier molecular flexibility index (Phi) is 3.44. The van der Waals surface area contributed by atoms with Crippen LogP contribution < -0.4 is 0 Å². The zero-order valence-corrected chi connectivity index (χ0v) is 13.2. The second-order valence-corrected chi connectivity index (χ2v) is 6.93. The highest BCUT2D eigenvalue weighted by Crippen LogP contribution is 2.50. The molecule has 1 aliphatic heterocycles. The molecule has 0 bridgehead atoms. The largest absolute Gasteiger partial charge is 0.458 e. The van der Waals surface area contributed by atoms with Crippen LogP contribution in [-0.2, 0) is 19.1 Å². The van der Waals surface area contributed by atoms with E-state index >= 15 is 0 Å². The fraction of sp³-hybridized carbons (Fsp3) is 0.647.